The van der Waals surface area contributed by atoms with Crippen molar-refractivity contribution < 1.29 is 4.74 Å². The van der Waals surface area contributed by atoms with Crippen molar-refractivity contribution in [2.45, 2.75) is 46.1 Å². The Bertz CT molecular complexity index is 362. The Labute approximate surface area is 128 Å². The van der Waals surface area contributed by atoms with Gasteiger partial charge in [-0.3, -0.25) is 0 Å². The number of hydrogen-bond donors (Lipinski definition) is 1. The van der Waals surface area contributed by atoms with Gasteiger partial charge in [0, 0.05) is 10.4 Å². The van der Waals surface area contributed by atoms with Crippen LogP contribution in [0.2, 0.25) is 5.02 Å². The molecule has 1 rings (SSSR count). The highest BCUT2D eigenvalue weighted by Gasteiger charge is 2.27. The van der Waals surface area contributed by atoms with Crippen LogP contribution in [0.4, 0.5) is 0 Å². The number of benzene rings is 1. The Hall–Kier alpha value is -0.180. The first kappa shape index (κ1) is 16.9. The molecular weight excluding hydrogens is 276 g/mol. The molecule has 1 aromatic carbocycles. The predicted octanol–water partition coefficient (Wildman–Crippen LogP) is 5.37. The number of ether oxygens (including phenoxy) is 1. The summed E-state index contributed by atoms with van der Waals surface area (Å²) in [7, 11) is 0. The summed E-state index contributed by atoms with van der Waals surface area (Å²) in [5.41, 5.74) is 1.28. The Morgan fingerprint density at radius 2 is 1.79 bits per heavy atom. The quantitative estimate of drug-likeness (QED) is 0.603. The molecule has 0 spiro atoms. The Balaban J connectivity index is 2.54. The minimum absolute atomic E-state index is 0.216. The minimum atomic E-state index is 0.216. The summed E-state index contributed by atoms with van der Waals surface area (Å²) < 4.78 is 5.93. The fourth-order valence-electron chi connectivity index (χ4n) is 2.53. The molecule has 0 unspecified atom stereocenters. The average Bonchev–Trinajstić information content (AvgIpc) is 2.41. The third kappa shape index (κ3) is 5.37. The lowest BCUT2D eigenvalue weighted by Crippen LogP contribution is -2.29. The predicted molar refractivity (Wildman–Crippen MR) is 87.2 cm³/mol. The molecular formula is C16H25ClOS. The zero-order chi connectivity index (χ0) is 14.1. The molecule has 0 saturated heterocycles. The van der Waals surface area contributed by atoms with Crippen LogP contribution in [-0.2, 0) is 11.3 Å². The summed E-state index contributed by atoms with van der Waals surface area (Å²) in [6.45, 7) is 5.80. The summed E-state index contributed by atoms with van der Waals surface area (Å²) in [5, 5.41) is 0.782. The summed E-state index contributed by atoms with van der Waals surface area (Å²) in [4.78, 5) is 0. The Morgan fingerprint density at radius 3 is 2.32 bits per heavy atom. The maximum Gasteiger partial charge on any atom is 0.0731 e. The second-order valence-electron chi connectivity index (χ2n) is 5.24. The monoisotopic (exact) mass is 300 g/mol. The van der Waals surface area contributed by atoms with Gasteiger partial charge in [-0.1, -0.05) is 56.5 Å². The van der Waals surface area contributed by atoms with Crippen LogP contribution < -0.4 is 0 Å². The third-order valence-corrected chi connectivity index (χ3v) is 4.56. The smallest absolute Gasteiger partial charge is 0.0731 e. The molecule has 1 aromatic rings. The molecule has 0 N–H and O–H groups in total. The van der Waals surface area contributed by atoms with Crippen LogP contribution in [0.15, 0.2) is 24.3 Å². The van der Waals surface area contributed by atoms with Gasteiger partial charge in [0.25, 0.3) is 0 Å². The molecule has 0 radical (unpaired) electrons. The molecule has 3 heteroatoms. The van der Waals surface area contributed by atoms with E-state index in [0.717, 1.165) is 22.9 Å². The fourth-order valence-corrected chi connectivity index (χ4v) is 3.12. The first-order chi connectivity index (χ1) is 9.17. The molecule has 0 fully saturated rings. The highest BCUT2D eigenvalue weighted by Crippen LogP contribution is 2.32. The van der Waals surface area contributed by atoms with Crippen molar-refractivity contribution in [1.82, 2.24) is 0 Å². The average molecular weight is 301 g/mol. The van der Waals surface area contributed by atoms with Gasteiger partial charge in [-0.05, 0) is 30.2 Å². The van der Waals surface area contributed by atoms with E-state index in [1.807, 2.05) is 24.3 Å². The van der Waals surface area contributed by atoms with E-state index in [9.17, 15) is 0 Å². The van der Waals surface area contributed by atoms with E-state index in [1.54, 1.807) is 0 Å². The molecule has 0 saturated carbocycles. The second-order valence-corrected chi connectivity index (χ2v) is 5.97. The summed E-state index contributed by atoms with van der Waals surface area (Å²) in [6, 6.07) is 7.86. The van der Waals surface area contributed by atoms with E-state index in [1.165, 1.54) is 25.7 Å². The summed E-state index contributed by atoms with van der Waals surface area (Å²) in [6.07, 6.45) is 4.70. The van der Waals surface area contributed by atoms with Crippen LogP contribution >= 0.6 is 24.2 Å². The van der Waals surface area contributed by atoms with Gasteiger partial charge in [-0.2, -0.15) is 12.6 Å². The zero-order valence-electron chi connectivity index (χ0n) is 12.0. The van der Waals surface area contributed by atoms with Gasteiger partial charge < -0.3 is 4.74 Å². The largest absolute Gasteiger partial charge is 0.376 e. The van der Waals surface area contributed by atoms with Gasteiger partial charge in [0.1, 0.15) is 0 Å². The van der Waals surface area contributed by atoms with E-state index in [4.69, 9.17) is 16.3 Å². The van der Waals surface area contributed by atoms with Crippen molar-refractivity contribution in [2.75, 3.05) is 12.4 Å². The molecule has 0 aliphatic carbocycles. The van der Waals surface area contributed by atoms with Gasteiger partial charge in [-0.25, -0.2) is 0 Å². The molecule has 1 nitrogen and oxygen atoms in total. The Morgan fingerprint density at radius 1 is 1.16 bits per heavy atom. The second kappa shape index (κ2) is 8.89. The van der Waals surface area contributed by atoms with Gasteiger partial charge in [0.05, 0.1) is 13.2 Å². The number of halogens is 1. The SMILES string of the molecule is CCCC(CS)(CCC)COCc1ccccc1Cl. The zero-order valence-corrected chi connectivity index (χ0v) is 13.6. The lowest BCUT2D eigenvalue weighted by atomic mass is 9.82. The molecule has 0 amide bonds. The van der Waals surface area contributed by atoms with Crippen LogP contribution in [0.1, 0.15) is 45.1 Å². The van der Waals surface area contributed by atoms with E-state index in [0.29, 0.717) is 6.61 Å². The standard InChI is InChI=1S/C16H25ClOS/c1-3-9-16(13-19,10-4-2)12-18-11-14-7-5-6-8-15(14)17/h5-8,19H,3-4,9-13H2,1-2H3. The van der Waals surface area contributed by atoms with Gasteiger partial charge in [0.15, 0.2) is 0 Å². The van der Waals surface area contributed by atoms with Crippen LogP contribution in [-0.4, -0.2) is 12.4 Å². The van der Waals surface area contributed by atoms with Gasteiger partial charge in [0.2, 0.25) is 0 Å². The lowest BCUT2D eigenvalue weighted by Gasteiger charge is -2.31. The minimum Gasteiger partial charge on any atom is -0.376 e. The maximum absolute atomic E-state index is 6.14. The molecule has 19 heavy (non-hydrogen) atoms. The molecule has 0 aromatic heterocycles. The van der Waals surface area contributed by atoms with Crippen LogP contribution in [0.3, 0.4) is 0 Å². The highest BCUT2D eigenvalue weighted by atomic mass is 35.5. The number of thiol groups is 1. The molecule has 0 atom stereocenters. The summed E-state index contributed by atoms with van der Waals surface area (Å²) >= 11 is 10.7. The lowest BCUT2D eigenvalue weighted by molar-refractivity contribution is 0.0350. The first-order valence-corrected chi connectivity index (χ1v) is 8.10. The van der Waals surface area contributed by atoms with Crippen molar-refractivity contribution in [3.05, 3.63) is 34.9 Å². The van der Waals surface area contributed by atoms with Crippen LogP contribution in [0.25, 0.3) is 0 Å². The van der Waals surface area contributed by atoms with E-state index in [-0.39, 0.29) is 5.41 Å². The van der Waals surface area contributed by atoms with Crippen molar-refractivity contribution in [3.8, 4) is 0 Å². The van der Waals surface area contributed by atoms with Gasteiger partial charge >= 0.3 is 0 Å². The van der Waals surface area contributed by atoms with E-state index < -0.39 is 0 Å². The van der Waals surface area contributed by atoms with Crippen LogP contribution in [0.5, 0.6) is 0 Å². The van der Waals surface area contributed by atoms with E-state index in [2.05, 4.69) is 26.5 Å². The highest BCUT2D eigenvalue weighted by molar-refractivity contribution is 7.80. The number of hydrogen-bond acceptors (Lipinski definition) is 2. The normalized spacial score (nSPS) is 11.8. The van der Waals surface area contributed by atoms with Crippen molar-refractivity contribution >= 4 is 24.2 Å². The van der Waals surface area contributed by atoms with Crippen molar-refractivity contribution in [3.63, 3.8) is 0 Å². The van der Waals surface area contributed by atoms with Crippen molar-refractivity contribution in [2.24, 2.45) is 5.41 Å². The molecule has 108 valence electrons. The van der Waals surface area contributed by atoms with Gasteiger partial charge in [-0.15, -0.1) is 0 Å². The molecule has 0 aliphatic heterocycles. The number of rotatable bonds is 9. The summed E-state index contributed by atoms with van der Waals surface area (Å²) in [5.74, 6) is 0.886. The topological polar surface area (TPSA) is 9.23 Å². The van der Waals surface area contributed by atoms with Crippen molar-refractivity contribution in [1.29, 1.82) is 0 Å². The fraction of sp³-hybridized carbons (Fsp3) is 0.625. The van der Waals surface area contributed by atoms with E-state index >= 15 is 0 Å². The maximum atomic E-state index is 6.14. The first-order valence-electron chi connectivity index (χ1n) is 7.09. The Kier molecular flexibility index (Phi) is 7.89. The molecule has 0 aliphatic rings. The van der Waals surface area contributed by atoms with Crippen LogP contribution in [0, 0.1) is 5.41 Å². The molecule has 0 heterocycles. The molecule has 0 bridgehead atoms. The third-order valence-electron chi connectivity index (χ3n) is 3.52.